The number of hydrogen-bond donors (Lipinski definition) is 1. The molecule has 0 spiro atoms. The standard InChI is InChI=1S/C22H37N3O2/c1-6-9-20(19(23)7-2)24-14-11-17(12-15-24)18-10-8-13-25(16-18)21(26)27-22(3,4)5/h6-7,9,17-18H,1,8,10-16,23H2,2-5H3/b19-7+,20-9+. The van der Waals surface area contributed by atoms with E-state index in [0.29, 0.717) is 11.8 Å². The van der Waals surface area contributed by atoms with Crippen LogP contribution in [0.15, 0.2) is 36.2 Å². The van der Waals surface area contributed by atoms with Crippen molar-refractivity contribution >= 4 is 6.09 Å². The predicted octanol–water partition coefficient (Wildman–Crippen LogP) is 4.28. The second-order valence-electron chi connectivity index (χ2n) is 8.68. The molecule has 0 aromatic rings. The van der Waals surface area contributed by atoms with Crippen LogP contribution < -0.4 is 5.73 Å². The molecule has 27 heavy (non-hydrogen) atoms. The molecule has 2 heterocycles. The lowest BCUT2D eigenvalue weighted by atomic mass is 9.79. The molecule has 5 nitrogen and oxygen atoms in total. The quantitative estimate of drug-likeness (QED) is 0.745. The van der Waals surface area contributed by atoms with E-state index < -0.39 is 5.60 Å². The van der Waals surface area contributed by atoms with Crippen LogP contribution in [0.2, 0.25) is 0 Å². The summed E-state index contributed by atoms with van der Waals surface area (Å²) in [6.07, 6.45) is 10.1. The van der Waals surface area contributed by atoms with Crippen molar-refractivity contribution in [1.29, 1.82) is 0 Å². The van der Waals surface area contributed by atoms with Crippen LogP contribution in [0.1, 0.15) is 53.4 Å². The summed E-state index contributed by atoms with van der Waals surface area (Å²) in [6, 6.07) is 0. The fraction of sp³-hybridized carbons (Fsp3) is 0.682. The number of piperidine rings is 2. The summed E-state index contributed by atoms with van der Waals surface area (Å²) < 4.78 is 5.57. The lowest BCUT2D eigenvalue weighted by Gasteiger charge is -2.42. The Hall–Kier alpha value is -1.91. The fourth-order valence-corrected chi connectivity index (χ4v) is 4.14. The molecule has 0 radical (unpaired) electrons. The number of hydrogen-bond acceptors (Lipinski definition) is 4. The van der Waals surface area contributed by atoms with E-state index in [9.17, 15) is 4.79 Å². The third-order valence-corrected chi connectivity index (χ3v) is 5.54. The van der Waals surface area contributed by atoms with E-state index in [1.54, 1.807) is 6.08 Å². The first kappa shape index (κ1) is 21.4. The molecule has 1 amide bonds. The zero-order valence-corrected chi connectivity index (χ0v) is 17.5. The van der Waals surface area contributed by atoms with Gasteiger partial charge >= 0.3 is 6.09 Å². The van der Waals surface area contributed by atoms with Gasteiger partial charge in [-0.05, 0) is 71.3 Å². The Labute approximate surface area is 164 Å². The van der Waals surface area contributed by atoms with E-state index in [1.807, 2.05) is 44.7 Å². The molecule has 1 unspecified atom stereocenters. The zero-order chi connectivity index (χ0) is 20.0. The number of nitrogens with two attached hydrogens (primary N) is 1. The summed E-state index contributed by atoms with van der Waals surface area (Å²) in [4.78, 5) is 16.7. The van der Waals surface area contributed by atoms with Gasteiger partial charge in [-0.1, -0.05) is 18.7 Å². The highest BCUT2D eigenvalue weighted by atomic mass is 16.6. The number of carbonyl (C=O) groups excluding carboxylic acids is 1. The lowest BCUT2D eigenvalue weighted by molar-refractivity contribution is 0.0103. The second kappa shape index (κ2) is 9.34. The van der Waals surface area contributed by atoms with E-state index >= 15 is 0 Å². The highest BCUT2D eigenvalue weighted by molar-refractivity contribution is 5.68. The van der Waals surface area contributed by atoms with Crippen molar-refractivity contribution < 1.29 is 9.53 Å². The summed E-state index contributed by atoms with van der Waals surface area (Å²) in [7, 11) is 0. The van der Waals surface area contributed by atoms with Gasteiger partial charge in [0.2, 0.25) is 0 Å². The maximum Gasteiger partial charge on any atom is 0.410 e. The van der Waals surface area contributed by atoms with Crippen LogP contribution >= 0.6 is 0 Å². The molecule has 0 aliphatic carbocycles. The molecule has 2 aliphatic heterocycles. The average Bonchev–Trinajstić information content (AvgIpc) is 2.64. The molecule has 5 heteroatoms. The monoisotopic (exact) mass is 375 g/mol. The Bertz CT molecular complexity index is 581. The van der Waals surface area contributed by atoms with Crippen molar-refractivity contribution in [2.24, 2.45) is 17.6 Å². The molecule has 0 bridgehead atoms. The van der Waals surface area contributed by atoms with Gasteiger partial charge in [-0.15, -0.1) is 0 Å². The molecule has 2 saturated heterocycles. The summed E-state index contributed by atoms with van der Waals surface area (Å²) in [5.74, 6) is 1.22. The molecule has 2 fully saturated rings. The smallest absolute Gasteiger partial charge is 0.410 e. The number of nitrogens with zero attached hydrogens (tertiary/aromatic N) is 2. The third-order valence-electron chi connectivity index (χ3n) is 5.54. The molecule has 2 aliphatic rings. The molecule has 0 saturated carbocycles. The van der Waals surface area contributed by atoms with Crippen molar-refractivity contribution in [3.05, 3.63) is 36.2 Å². The number of allylic oxidation sites excluding steroid dienone is 3. The average molecular weight is 376 g/mol. The molecule has 0 aromatic carbocycles. The fourth-order valence-electron chi connectivity index (χ4n) is 4.14. The molecular weight excluding hydrogens is 338 g/mol. The van der Waals surface area contributed by atoms with Crippen molar-refractivity contribution in [2.45, 2.75) is 59.0 Å². The van der Waals surface area contributed by atoms with E-state index in [4.69, 9.17) is 10.5 Å². The van der Waals surface area contributed by atoms with Crippen LogP contribution in [0.3, 0.4) is 0 Å². The van der Waals surface area contributed by atoms with Crippen LogP contribution in [-0.4, -0.2) is 47.7 Å². The maximum absolute atomic E-state index is 12.4. The summed E-state index contributed by atoms with van der Waals surface area (Å²) in [5.41, 5.74) is 7.61. The van der Waals surface area contributed by atoms with Crippen LogP contribution in [0.4, 0.5) is 4.79 Å². The second-order valence-corrected chi connectivity index (χ2v) is 8.68. The van der Waals surface area contributed by atoms with Crippen LogP contribution in [-0.2, 0) is 4.74 Å². The highest BCUT2D eigenvalue weighted by Crippen LogP contribution is 2.33. The van der Waals surface area contributed by atoms with Gasteiger partial charge in [-0.3, -0.25) is 0 Å². The number of ether oxygens (including phenoxy) is 1. The Kier molecular flexibility index (Phi) is 7.40. The molecule has 152 valence electrons. The number of likely N-dealkylation sites (tertiary alicyclic amines) is 2. The largest absolute Gasteiger partial charge is 0.444 e. The Morgan fingerprint density at radius 1 is 1.11 bits per heavy atom. The minimum atomic E-state index is -0.435. The maximum atomic E-state index is 12.4. The molecule has 2 rings (SSSR count). The number of rotatable bonds is 4. The molecular formula is C22H37N3O2. The van der Waals surface area contributed by atoms with Gasteiger partial charge in [0.1, 0.15) is 5.60 Å². The molecule has 2 N–H and O–H groups in total. The van der Waals surface area contributed by atoms with Crippen LogP contribution in [0.5, 0.6) is 0 Å². The topological polar surface area (TPSA) is 58.8 Å². The lowest BCUT2D eigenvalue weighted by Crippen LogP contribution is -2.46. The minimum Gasteiger partial charge on any atom is -0.444 e. The van der Waals surface area contributed by atoms with Gasteiger partial charge in [0.15, 0.2) is 0 Å². The molecule has 0 aromatic heterocycles. The predicted molar refractivity (Wildman–Crippen MR) is 111 cm³/mol. The molecule has 1 atom stereocenters. The third kappa shape index (κ3) is 6.05. The van der Waals surface area contributed by atoms with Crippen LogP contribution in [0, 0.1) is 11.8 Å². The SMILES string of the molecule is C=C/C=C(\C(N)=C/C)N1CCC(C2CCCN(C(=O)OC(C)(C)C)C2)CC1. The Morgan fingerprint density at radius 2 is 1.78 bits per heavy atom. The normalized spacial score (nSPS) is 23.3. The van der Waals surface area contributed by atoms with Crippen molar-refractivity contribution in [1.82, 2.24) is 9.80 Å². The van der Waals surface area contributed by atoms with Gasteiger partial charge in [0, 0.05) is 26.2 Å². The first-order chi connectivity index (χ1) is 12.7. The van der Waals surface area contributed by atoms with Crippen molar-refractivity contribution in [3.8, 4) is 0 Å². The number of carbonyl (C=O) groups is 1. The van der Waals surface area contributed by atoms with Gasteiger partial charge < -0.3 is 20.3 Å². The van der Waals surface area contributed by atoms with Crippen molar-refractivity contribution in [2.75, 3.05) is 26.2 Å². The Balaban J connectivity index is 1.92. The van der Waals surface area contributed by atoms with Gasteiger partial charge in [0.25, 0.3) is 0 Å². The first-order valence-corrected chi connectivity index (χ1v) is 10.2. The van der Waals surface area contributed by atoms with Crippen LogP contribution in [0.25, 0.3) is 0 Å². The Morgan fingerprint density at radius 3 is 2.33 bits per heavy atom. The minimum absolute atomic E-state index is 0.165. The van der Waals surface area contributed by atoms with E-state index in [-0.39, 0.29) is 6.09 Å². The zero-order valence-electron chi connectivity index (χ0n) is 17.5. The first-order valence-electron chi connectivity index (χ1n) is 10.2. The van der Waals surface area contributed by atoms with Gasteiger partial charge in [-0.25, -0.2) is 4.79 Å². The van der Waals surface area contributed by atoms with E-state index in [1.165, 1.54) is 6.42 Å². The van der Waals surface area contributed by atoms with Crippen molar-refractivity contribution in [3.63, 3.8) is 0 Å². The highest BCUT2D eigenvalue weighted by Gasteiger charge is 2.33. The van der Waals surface area contributed by atoms with Gasteiger partial charge in [0.05, 0.1) is 11.4 Å². The summed E-state index contributed by atoms with van der Waals surface area (Å²) in [5, 5.41) is 0. The van der Waals surface area contributed by atoms with Gasteiger partial charge in [-0.2, -0.15) is 0 Å². The summed E-state index contributed by atoms with van der Waals surface area (Å²) >= 11 is 0. The van der Waals surface area contributed by atoms with E-state index in [2.05, 4.69) is 11.5 Å². The summed E-state index contributed by atoms with van der Waals surface area (Å²) in [6.45, 7) is 15.2. The number of amides is 1. The van der Waals surface area contributed by atoms with E-state index in [0.717, 1.165) is 56.8 Å².